The highest BCUT2D eigenvalue weighted by atomic mass is 35.5. The number of hydrogen-bond donors (Lipinski definition) is 2. The number of nitrogens with zero attached hydrogens (tertiary/aromatic N) is 1. The summed E-state index contributed by atoms with van der Waals surface area (Å²) in [7, 11) is 0. The van der Waals surface area contributed by atoms with Crippen molar-refractivity contribution in [3.05, 3.63) is 23.0 Å². The maximum atomic E-state index is 12.3. The molecule has 1 saturated carbocycles. The summed E-state index contributed by atoms with van der Waals surface area (Å²) in [5.74, 6) is -0.0678. The molecular weight excluding hydrogens is 264 g/mol. The topological polar surface area (TPSA) is 54.3 Å². The number of nitrogens with one attached hydrogen (secondary N) is 1. The van der Waals surface area contributed by atoms with Crippen LogP contribution in [0.4, 0.5) is 0 Å². The Morgan fingerprint density at radius 3 is 2.79 bits per heavy atom. The van der Waals surface area contributed by atoms with E-state index in [1.807, 2.05) is 4.57 Å². The summed E-state index contributed by atoms with van der Waals surface area (Å²) in [5, 5.41) is 13.1. The smallest absolute Gasteiger partial charge is 0.268 e. The third kappa shape index (κ3) is 3.74. The number of aromatic nitrogens is 1. The lowest BCUT2D eigenvalue weighted by atomic mass is 9.93. The lowest BCUT2D eigenvalue weighted by Crippen LogP contribution is -2.39. The Morgan fingerprint density at radius 1 is 1.47 bits per heavy atom. The van der Waals surface area contributed by atoms with E-state index in [9.17, 15) is 9.90 Å². The summed E-state index contributed by atoms with van der Waals surface area (Å²) >= 11 is 5.97. The molecule has 2 N–H and O–H groups in total. The summed E-state index contributed by atoms with van der Waals surface area (Å²) in [6.07, 6.45) is 5.77. The van der Waals surface area contributed by atoms with Crippen molar-refractivity contribution in [1.82, 2.24) is 9.88 Å². The molecule has 0 spiro atoms. The van der Waals surface area contributed by atoms with Crippen molar-refractivity contribution in [1.29, 1.82) is 0 Å². The fourth-order valence-corrected chi connectivity index (χ4v) is 2.79. The Hall–Kier alpha value is -1.00. The van der Waals surface area contributed by atoms with Crippen LogP contribution < -0.4 is 5.32 Å². The SMILES string of the molecule is CCCn1cc(Cl)cc1C(=O)NC1CCC(O)CC1. The predicted molar refractivity (Wildman–Crippen MR) is 75.5 cm³/mol. The maximum Gasteiger partial charge on any atom is 0.268 e. The Kier molecular flexibility index (Phi) is 4.88. The number of aliphatic hydroxyl groups excluding tert-OH is 1. The van der Waals surface area contributed by atoms with E-state index in [1.165, 1.54) is 0 Å². The number of carbonyl (C=O) groups is 1. The van der Waals surface area contributed by atoms with E-state index in [4.69, 9.17) is 11.6 Å². The molecule has 0 atom stereocenters. The van der Waals surface area contributed by atoms with Crippen molar-refractivity contribution >= 4 is 17.5 Å². The lowest BCUT2D eigenvalue weighted by molar-refractivity contribution is 0.0859. The summed E-state index contributed by atoms with van der Waals surface area (Å²) in [6, 6.07) is 1.88. The van der Waals surface area contributed by atoms with Crippen molar-refractivity contribution in [2.75, 3.05) is 0 Å². The number of carbonyl (C=O) groups excluding carboxylic acids is 1. The second-order valence-electron chi connectivity index (χ2n) is 5.22. The van der Waals surface area contributed by atoms with Crippen LogP contribution in [0.25, 0.3) is 0 Å². The van der Waals surface area contributed by atoms with Crippen LogP contribution >= 0.6 is 11.6 Å². The molecule has 1 fully saturated rings. The monoisotopic (exact) mass is 284 g/mol. The van der Waals surface area contributed by atoms with Crippen LogP contribution in [0.5, 0.6) is 0 Å². The first-order valence-corrected chi connectivity index (χ1v) is 7.32. The Bertz CT molecular complexity index is 437. The zero-order valence-electron chi connectivity index (χ0n) is 11.2. The van der Waals surface area contributed by atoms with Gasteiger partial charge in [0.2, 0.25) is 0 Å². The molecule has 1 amide bonds. The quantitative estimate of drug-likeness (QED) is 0.893. The van der Waals surface area contributed by atoms with E-state index in [2.05, 4.69) is 12.2 Å². The third-order valence-electron chi connectivity index (χ3n) is 3.59. The number of aliphatic hydroxyl groups is 1. The second kappa shape index (κ2) is 6.44. The van der Waals surface area contributed by atoms with Gasteiger partial charge in [0.1, 0.15) is 5.69 Å². The minimum absolute atomic E-state index is 0.0678. The first kappa shape index (κ1) is 14.4. The van der Waals surface area contributed by atoms with Crippen molar-refractivity contribution in [2.45, 2.75) is 57.7 Å². The molecule has 1 aliphatic rings. The fourth-order valence-electron chi connectivity index (χ4n) is 2.57. The van der Waals surface area contributed by atoms with Crippen molar-refractivity contribution in [3.63, 3.8) is 0 Å². The third-order valence-corrected chi connectivity index (χ3v) is 3.80. The van der Waals surface area contributed by atoms with Gasteiger partial charge < -0.3 is 15.0 Å². The highest BCUT2D eigenvalue weighted by molar-refractivity contribution is 6.31. The van der Waals surface area contributed by atoms with Crippen LogP contribution in [0.3, 0.4) is 0 Å². The Balaban J connectivity index is 1.99. The van der Waals surface area contributed by atoms with Crippen molar-refractivity contribution < 1.29 is 9.90 Å². The van der Waals surface area contributed by atoms with Gasteiger partial charge in [-0.25, -0.2) is 0 Å². The van der Waals surface area contributed by atoms with Gasteiger partial charge >= 0.3 is 0 Å². The molecule has 0 bridgehead atoms. The number of rotatable bonds is 4. The van der Waals surface area contributed by atoms with Gasteiger partial charge in [-0.2, -0.15) is 0 Å². The van der Waals surface area contributed by atoms with E-state index in [1.54, 1.807) is 12.3 Å². The fraction of sp³-hybridized carbons (Fsp3) is 0.643. The predicted octanol–water partition coefficient (Wildman–Crippen LogP) is 2.58. The highest BCUT2D eigenvalue weighted by Gasteiger charge is 2.22. The standard InChI is InChI=1S/C14H21ClN2O2/c1-2-7-17-9-10(15)8-13(17)14(19)16-11-3-5-12(18)6-4-11/h8-9,11-12,18H,2-7H2,1H3,(H,16,19). The van der Waals surface area contributed by atoms with Gasteiger partial charge in [0.15, 0.2) is 0 Å². The van der Waals surface area contributed by atoms with Crippen LogP contribution in [0, 0.1) is 0 Å². The number of halogens is 1. The average Bonchev–Trinajstić information content (AvgIpc) is 2.74. The largest absolute Gasteiger partial charge is 0.393 e. The second-order valence-corrected chi connectivity index (χ2v) is 5.65. The van der Waals surface area contributed by atoms with E-state index in [-0.39, 0.29) is 18.1 Å². The van der Waals surface area contributed by atoms with E-state index in [0.29, 0.717) is 10.7 Å². The summed E-state index contributed by atoms with van der Waals surface area (Å²) < 4.78 is 1.90. The molecule has 1 aromatic heterocycles. The summed E-state index contributed by atoms with van der Waals surface area (Å²) in [5.41, 5.74) is 0.623. The molecule has 19 heavy (non-hydrogen) atoms. The molecular formula is C14H21ClN2O2. The summed E-state index contributed by atoms with van der Waals surface area (Å²) in [6.45, 7) is 2.86. The maximum absolute atomic E-state index is 12.3. The van der Waals surface area contributed by atoms with Gasteiger partial charge in [-0.05, 0) is 38.2 Å². The molecule has 1 heterocycles. The molecule has 0 aromatic carbocycles. The minimum atomic E-state index is -0.202. The molecule has 0 radical (unpaired) electrons. The average molecular weight is 285 g/mol. The minimum Gasteiger partial charge on any atom is -0.393 e. The van der Waals surface area contributed by atoms with E-state index >= 15 is 0 Å². The van der Waals surface area contributed by atoms with Crippen LogP contribution in [0.15, 0.2) is 12.3 Å². The van der Waals surface area contributed by atoms with Crippen LogP contribution in [-0.2, 0) is 6.54 Å². The Labute approximate surface area is 118 Å². The highest BCUT2D eigenvalue weighted by Crippen LogP contribution is 2.20. The lowest BCUT2D eigenvalue weighted by Gasteiger charge is -2.26. The first-order valence-electron chi connectivity index (χ1n) is 6.94. The molecule has 0 unspecified atom stereocenters. The van der Waals surface area contributed by atoms with Crippen molar-refractivity contribution in [2.24, 2.45) is 0 Å². The van der Waals surface area contributed by atoms with Gasteiger partial charge in [0.25, 0.3) is 5.91 Å². The molecule has 1 aliphatic carbocycles. The van der Waals surface area contributed by atoms with Crippen LogP contribution in [0.2, 0.25) is 5.02 Å². The van der Waals surface area contributed by atoms with Gasteiger partial charge in [0, 0.05) is 18.8 Å². The molecule has 106 valence electrons. The molecule has 4 nitrogen and oxygen atoms in total. The van der Waals surface area contributed by atoms with Crippen LogP contribution in [-0.4, -0.2) is 27.7 Å². The molecule has 0 saturated heterocycles. The first-order chi connectivity index (χ1) is 9.10. The van der Waals surface area contributed by atoms with E-state index in [0.717, 1.165) is 38.6 Å². The molecule has 1 aromatic rings. The molecule has 5 heteroatoms. The molecule has 0 aliphatic heterocycles. The van der Waals surface area contributed by atoms with E-state index < -0.39 is 0 Å². The van der Waals surface area contributed by atoms with Gasteiger partial charge in [-0.3, -0.25) is 4.79 Å². The number of hydrogen-bond acceptors (Lipinski definition) is 2. The molecule has 2 rings (SSSR count). The zero-order valence-corrected chi connectivity index (χ0v) is 12.0. The summed E-state index contributed by atoms with van der Waals surface area (Å²) in [4.78, 5) is 12.3. The van der Waals surface area contributed by atoms with Crippen LogP contribution in [0.1, 0.15) is 49.5 Å². The zero-order chi connectivity index (χ0) is 13.8. The number of amides is 1. The van der Waals surface area contributed by atoms with Gasteiger partial charge in [-0.1, -0.05) is 18.5 Å². The van der Waals surface area contributed by atoms with Gasteiger partial charge in [-0.15, -0.1) is 0 Å². The Morgan fingerprint density at radius 2 is 2.16 bits per heavy atom. The van der Waals surface area contributed by atoms with Crippen molar-refractivity contribution in [3.8, 4) is 0 Å². The number of aryl methyl sites for hydroxylation is 1. The normalized spacial score (nSPS) is 23.3. The van der Waals surface area contributed by atoms with Gasteiger partial charge in [0.05, 0.1) is 11.1 Å².